The van der Waals surface area contributed by atoms with Crippen LogP contribution in [-0.4, -0.2) is 48.5 Å². The van der Waals surface area contributed by atoms with Crippen molar-refractivity contribution in [2.24, 2.45) is 0 Å². The summed E-state index contributed by atoms with van der Waals surface area (Å²) in [6.07, 6.45) is -1.49. The fourth-order valence-corrected chi connectivity index (χ4v) is 1.52. The van der Waals surface area contributed by atoms with E-state index in [1.807, 2.05) is 25.9 Å². The average Bonchev–Trinajstić information content (AvgIpc) is 2.10. The van der Waals surface area contributed by atoms with E-state index in [0.717, 1.165) is 0 Å². The number of carbonyl (C=O) groups excluding carboxylic acids is 2. The van der Waals surface area contributed by atoms with Crippen molar-refractivity contribution in [2.75, 3.05) is 14.1 Å². The Labute approximate surface area is 121 Å². The Bertz CT molecular complexity index is 344. The zero-order valence-corrected chi connectivity index (χ0v) is 13.8. The molecule has 0 fully saturated rings. The van der Waals surface area contributed by atoms with Gasteiger partial charge in [0.25, 0.3) is 0 Å². The number of nitrogens with zero attached hydrogens (tertiary/aromatic N) is 1. The van der Waals surface area contributed by atoms with Crippen molar-refractivity contribution in [1.29, 1.82) is 0 Å². The van der Waals surface area contributed by atoms with Gasteiger partial charge >= 0.3 is 12.3 Å². The summed E-state index contributed by atoms with van der Waals surface area (Å²) in [6, 6.07) is 0.222. The van der Waals surface area contributed by atoms with Crippen molar-refractivity contribution >= 4 is 12.3 Å². The van der Waals surface area contributed by atoms with Crippen molar-refractivity contribution in [3.63, 3.8) is 0 Å². The molecule has 6 nitrogen and oxygen atoms in total. The number of rotatable bonds is 4. The van der Waals surface area contributed by atoms with E-state index in [1.165, 1.54) is 0 Å². The molecule has 0 rings (SSSR count). The number of carbonyl (C=O) groups is 2. The molecule has 0 aliphatic heterocycles. The minimum absolute atomic E-state index is 0.222. The molecule has 0 heterocycles. The van der Waals surface area contributed by atoms with Gasteiger partial charge in [-0.3, -0.25) is 0 Å². The van der Waals surface area contributed by atoms with Gasteiger partial charge in [0.05, 0.1) is 0 Å². The van der Waals surface area contributed by atoms with Crippen molar-refractivity contribution < 1.29 is 23.8 Å². The molecule has 0 N–H and O–H groups in total. The summed E-state index contributed by atoms with van der Waals surface area (Å²) in [7, 11) is 3.89. The van der Waals surface area contributed by atoms with E-state index in [2.05, 4.69) is 4.74 Å². The molecule has 0 amide bonds. The highest BCUT2D eigenvalue weighted by molar-refractivity contribution is 5.77. The minimum atomic E-state index is -1.06. The Kier molecular flexibility index (Phi) is 6.47. The largest absolute Gasteiger partial charge is 0.519 e. The van der Waals surface area contributed by atoms with Gasteiger partial charge in [-0.1, -0.05) is 0 Å². The lowest BCUT2D eigenvalue weighted by molar-refractivity contribution is -0.0412. The number of hydrogen-bond acceptors (Lipinski definition) is 6. The first-order valence-corrected chi connectivity index (χ1v) is 6.62. The molecule has 6 heteroatoms. The van der Waals surface area contributed by atoms with Crippen LogP contribution in [0.3, 0.4) is 0 Å². The van der Waals surface area contributed by atoms with E-state index < -0.39 is 23.5 Å². The van der Waals surface area contributed by atoms with Gasteiger partial charge in [0.1, 0.15) is 11.2 Å². The standard InChI is InChI=1S/C14H27NO5/c1-10(15(7)8)9-14(5,6)20-12(17)18-11(16)19-13(2,3)4/h10H,9H2,1-8H3. The van der Waals surface area contributed by atoms with Gasteiger partial charge in [-0.25, -0.2) is 9.59 Å². The van der Waals surface area contributed by atoms with Crippen LogP contribution in [0.1, 0.15) is 48.0 Å². The monoisotopic (exact) mass is 289 g/mol. The Morgan fingerprint density at radius 1 is 1.00 bits per heavy atom. The summed E-state index contributed by atoms with van der Waals surface area (Å²) in [5.74, 6) is 0. The van der Waals surface area contributed by atoms with Gasteiger partial charge in [0.2, 0.25) is 0 Å². The second-order valence-electron chi connectivity index (χ2n) is 6.70. The predicted octanol–water partition coefficient (Wildman–Crippen LogP) is 3.19. The summed E-state index contributed by atoms with van der Waals surface area (Å²) >= 11 is 0. The molecule has 0 aromatic heterocycles. The summed E-state index contributed by atoms with van der Waals surface area (Å²) < 4.78 is 14.5. The Balaban J connectivity index is 4.35. The van der Waals surface area contributed by atoms with Crippen LogP contribution in [0.25, 0.3) is 0 Å². The molecule has 20 heavy (non-hydrogen) atoms. The van der Waals surface area contributed by atoms with Gasteiger partial charge < -0.3 is 19.1 Å². The molecule has 0 aromatic rings. The van der Waals surface area contributed by atoms with E-state index >= 15 is 0 Å². The molecule has 0 radical (unpaired) electrons. The van der Waals surface area contributed by atoms with Crippen LogP contribution in [-0.2, 0) is 14.2 Å². The molecule has 0 saturated heterocycles. The van der Waals surface area contributed by atoms with Gasteiger partial charge in [0.15, 0.2) is 0 Å². The SMILES string of the molecule is CC(CC(C)(C)OC(=O)OC(=O)OC(C)(C)C)N(C)C. The van der Waals surface area contributed by atoms with Gasteiger partial charge in [-0.15, -0.1) is 0 Å². The third kappa shape index (κ3) is 8.74. The molecule has 0 aliphatic rings. The van der Waals surface area contributed by atoms with E-state index in [9.17, 15) is 9.59 Å². The Morgan fingerprint density at radius 2 is 1.45 bits per heavy atom. The van der Waals surface area contributed by atoms with E-state index in [-0.39, 0.29) is 6.04 Å². The highest BCUT2D eigenvalue weighted by Gasteiger charge is 2.29. The maximum atomic E-state index is 11.5. The number of ether oxygens (including phenoxy) is 3. The van der Waals surface area contributed by atoms with Crippen LogP contribution in [0.2, 0.25) is 0 Å². The quantitative estimate of drug-likeness (QED) is 0.585. The third-order valence-corrected chi connectivity index (χ3v) is 2.58. The van der Waals surface area contributed by atoms with Gasteiger partial charge in [-0.05, 0) is 55.6 Å². The molecule has 0 saturated carbocycles. The van der Waals surface area contributed by atoms with Gasteiger partial charge in [-0.2, -0.15) is 0 Å². The summed E-state index contributed by atoms with van der Waals surface area (Å²) in [5.41, 5.74) is -1.45. The predicted molar refractivity (Wildman–Crippen MR) is 75.6 cm³/mol. The highest BCUT2D eigenvalue weighted by Crippen LogP contribution is 2.20. The van der Waals surface area contributed by atoms with E-state index in [0.29, 0.717) is 6.42 Å². The summed E-state index contributed by atoms with van der Waals surface area (Å²) in [6.45, 7) is 10.6. The maximum absolute atomic E-state index is 11.5. The molecule has 0 spiro atoms. The summed E-state index contributed by atoms with van der Waals surface area (Å²) in [4.78, 5) is 24.9. The molecule has 0 aromatic carbocycles. The lowest BCUT2D eigenvalue weighted by Gasteiger charge is -2.30. The third-order valence-electron chi connectivity index (χ3n) is 2.58. The normalized spacial score (nSPS) is 13.8. The molecule has 1 atom stereocenters. The first-order valence-electron chi connectivity index (χ1n) is 6.62. The van der Waals surface area contributed by atoms with Crippen LogP contribution in [0.15, 0.2) is 0 Å². The second kappa shape index (κ2) is 6.92. The fourth-order valence-electron chi connectivity index (χ4n) is 1.52. The van der Waals surface area contributed by atoms with Crippen LogP contribution < -0.4 is 0 Å². The molecule has 1 unspecified atom stereocenters. The van der Waals surface area contributed by atoms with Crippen molar-refractivity contribution in [1.82, 2.24) is 4.90 Å². The molecular weight excluding hydrogens is 262 g/mol. The summed E-state index contributed by atoms with van der Waals surface area (Å²) in [5, 5.41) is 0. The second-order valence-corrected chi connectivity index (χ2v) is 6.70. The topological polar surface area (TPSA) is 65.1 Å². The molecule has 118 valence electrons. The first-order chi connectivity index (χ1) is 8.82. The van der Waals surface area contributed by atoms with E-state index in [1.54, 1.807) is 34.6 Å². The van der Waals surface area contributed by atoms with Crippen molar-refractivity contribution in [3.8, 4) is 0 Å². The molecular formula is C14H27NO5. The zero-order valence-electron chi connectivity index (χ0n) is 13.8. The fraction of sp³-hybridized carbons (Fsp3) is 0.857. The first kappa shape index (κ1) is 18.7. The Hall–Kier alpha value is -1.30. The maximum Gasteiger partial charge on any atom is 0.519 e. The van der Waals surface area contributed by atoms with Crippen molar-refractivity contribution in [2.45, 2.75) is 65.2 Å². The Morgan fingerprint density at radius 3 is 1.85 bits per heavy atom. The number of hydrogen-bond donors (Lipinski definition) is 0. The van der Waals surface area contributed by atoms with Crippen LogP contribution >= 0.6 is 0 Å². The highest BCUT2D eigenvalue weighted by atomic mass is 16.8. The molecule has 0 bridgehead atoms. The zero-order chi connectivity index (χ0) is 16.1. The lowest BCUT2D eigenvalue weighted by atomic mass is 9.99. The van der Waals surface area contributed by atoms with Crippen molar-refractivity contribution in [3.05, 3.63) is 0 Å². The smallest absolute Gasteiger partial charge is 0.428 e. The lowest BCUT2D eigenvalue weighted by Crippen LogP contribution is -2.38. The van der Waals surface area contributed by atoms with Crippen LogP contribution in [0, 0.1) is 0 Å². The van der Waals surface area contributed by atoms with Crippen LogP contribution in [0.5, 0.6) is 0 Å². The van der Waals surface area contributed by atoms with Gasteiger partial charge in [0, 0.05) is 12.5 Å². The average molecular weight is 289 g/mol. The van der Waals surface area contributed by atoms with Crippen LogP contribution in [0.4, 0.5) is 9.59 Å². The molecule has 0 aliphatic carbocycles. The minimum Gasteiger partial charge on any atom is -0.428 e. The van der Waals surface area contributed by atoms with E-state index in [4.69, 9.17) is 9.47 Å².